The van der Waals surface area contributed by atoms with Crippen LogP contribution >= 0.6 is 31.9 Å². The minimum Gasteiger partial charge on any atom is -0.497 e. The number of hydrogen-bond donors (Lipinski definition) is 0. The van der Waals surface area contributed by atoms with Crippen LogP contribution in [0.2, 0.25) is 0 Å². The minimum absolute atomic E-state index is 0.247. The largest absolute Gasteiger partial charge is 0.497 e. The smallest absolute Gasteiger partial charge is 0.133 e. The van der Waals surface area contributed by atoms with E-state index in [-0.39, 0.29) is 4.83 Å². The van der Waals surface area contributed by atoms with Gasteiger partial charge in [-0.2, -0.15) is 0 Å². The molecule has 0 N–H and O–H groups in total. The molecule has 0 aliphatic heterocycles. The van der Waals surface area contributed by atoms with E-state index in [1.54, 1.807) is 7.11 Å². The fourth-order valence-electron chi connectivity index (χ4n) is 2.11. The molecule has 0 spiro atoms. The highest BCUT2D eigenvalue weighted by atomic mass is 79.9. The third-order valence-electron chi connectivity index (χ3n) is 3.17. The summed E-state index contributed by atoms with van der Waals surface area (Å²) in [6, 6.07) is 14.4. The molecule has 2 rings (SSSR count). The van der Waals surface area contributed by atoms with Crippen LogP contribution in [0.25, 0.3) is 0 Å². The van der Waals surface area contributed by atoms with Crippen LogP contribution in [0.3, 0.4) is 0 Å². The van der Waals surface area contributed by atoms with Gasteiger partial charge in [0.05, 0.1) is 18.2 Å². The molecule has 0 aliphatic carbocycles. The van der Waals surface area contributed by atoms with Crippen molar-refractivity contribution < 1.29 is 9.47 Å². The number of halogens is 2. The zero-order valence-corrected chi connectivity index (χ0v) is 15.3. The molecule has 112 valence electrons. The van der Waals surface area contributed by atoms with E-state index in [0.717, 1.165) is 22.4 Å². The van der Waals surface area contributed by atoms with Crippen molar-refractivity contribution in [1.82, 2.24) is 0 Å². The van der Waals surface area contributed by atoms with Crippen LogP contribution in [-0.4, -0.2) is 13.7 Å². The molecule has 0 radical (unpaired) electrons. The Balaban J connectivity index is 2.12. The first-order valence-electron chi connectivity index (χ1n) is 6.83. The van der Waals surface area contributed by atoms with Gasteiger partial charge in [-0.25, -0.2) is 0 Å². The molecule has 2 aromatic carbocycles. The van der Waals surface area contributed by atoms with Crippen molar-refractivity contribution in [3.05, 3.63) is 58.1 Å². The monoisotopic (exact) mass is 412 g/mol. The number of benzene rings is 2. The SMILES string of the molecule is CCOc1ccc(C(Br)Cc2cccc(OC)c2)cc1Br. The Morgan fingerprint density at radius 2 is 1.95 bits per heavy atom. The Hall–Kier alpha value is -1.00. The first kappa shape index (κ1) is 16.4. The Bertz CT molecular complexity index is 599. The lowest BCUT2D eigenvalue weighted by atomic mass is 10.0. The van der Waals surface area contributed by atoms with E-state index in [9.17, 15) is 0 Å². The van der Waals surface area contributed by atoms with Crippen molar-refractivity contribution in [1.29, 1.82) is 0 Å². The summed E-state index contributed by atoms with van der Waals surface area (Å²) in [6.07, 6.45) is 0.900. The summed E-state index contributed by atoms with van der Waals surface area (Å²) < 4.78 is 11.8. The van der Waals surface area contributed by atoms with Crippen molar-refractivity contribution >= 4 is 31.9 Å². The summed E-state index contributed by atoms with van der Waals surface area (Å²) in [7, 11) is 1.69. The second-order valence-corrected chi connectivity index (χ2v) is 6.61. The van der Waals surface area contributed by atoms with Gasteiger partial charge in [0.25, 0.3) is 0 Å². The Morgan fingerprint density at radius 1 is 1.14 bits per heavy atom. The second kappa shape index (κ2) is 7.85. The van der Waals surface area contributed by atoms with Crippen LogP contribution in [0.4, 0.5) is 0 Å². The highest BCUT2D eigenvalue weighted by Crippen LogP contribution is 2.33. The first-order chi connectivity index (χ1) is 10.1. The van der Waals surface area contributed by atoms with Crippen LogP contribution in [0.1, 0.15) is 22.9 Å². The quantitative estimate of drug-likeness (QED) is 0.579. The molecule has 4 heteroatoms. The van der Waals surface area contributed by atoms with Crippen molar-refractivity contribution in [2.24, 2.45) is 0 Å². The normalized spacial score (nSPS) is 12.0. The Labute approximate surface area is 142 Å². The summed E-state index contributed by atoms with van der Waals surface area (Å²) in [6.45, 7) is 2.65. The van der Waals surface area contributed by atoms with Gasteiger partial charge in [0.15, 0.2) is 0 Å². The number of hydrogen-bond acceptors (Lipinski definition) is 2. The Morgan fingerprint density at radius 3 is 2.62 bits per heavy atom. The van der Waals surface area contributed by atoms with Crippen molar-refractivity contribution in [2.45, 2.75) is 18.2 Å². The van der Waals surface area contributed by atoms with Crippen molar-refractivity contribution in [2.75, 3.05) is 13.7 Å². The van der Waals surface area contributed by atoms with Crippen LogP contribution < -0.4 is 9.47 Å². The van der Waals surface area contributed by atoms with E-state index in [1.807, 2.05) is 25.1 Å². The van der Waals surface area contributed by atoms with Crippen LogP contribution in [0.15, 0.2) is 46.9 Å². The average Bonchev–Trinajstić information content (AvgIpc) is 2.49. The van der Waals surface area contributed by atoms with Gasteiger partial charge < -0.3 is 9.47 Å². The topological polar surface area (TPSA) is 18.5 Å². The zero-order chi connectivity index (χ0) is 15.2. The summed E-state index contributed by atoms with van der Waals surface area (Å²) in [5.74, 6) is 1.77. The molecule has 0 heterocycles. The van der Waals surface area contributed by atoms with Gasteiger partial charge in [0.2, 0.25) is 0 Å². The van der Waals surface area contributed by atoms with E-state index >= 15 is 0 Å². The highest BCUT2D eigenvalue weighted by Gasteiger charge is 2.11. The molecule has 0 aliphatic rings. The molecule has 0 bridgehead atoms. The van der Waals surface area contributed by atoms with Gasteiger partial charge >= 0.3 is 0 Å². The molecule has 0 fully saturated rings. The first-order valence-corrected chi connectivity index (χ1v) is 8.54. The predicted octanol–water partition coefficient (Wildman–Crippen LogP) is 5.54. The molecule has 2 aromatic rings. The zero-order valence-electron chi connectivity index (χ0n) is 12.1. The number of ether oxygens (including phenoxy) is 2. The maximum Gasteiger partial charge on any atom is 0.133 e. The summed E-state index contributed by atoms with van der Waals surface area (Å²) in [5, 5.41) is 0. The van der Waals surface area contributed by atoms with E-state index in [0.29, 0.717) is 6.61 Å². The third kappa shape index (κ3) is 4.48. The standard InChI is InChI=1S/C17H18Br2O2/c1-3-21-17-8-7-13(11-16(17)19)15(18)10-12-5-4-6-14(9-12)20-2/h4-9,11,15H,3,10H2,1-2H3. The molecule has 2 nitrogen and oxygen atoms in total. The third-order valence-corrected chi connectivity index (χ3v) is 4.64. The van der Waals surface area contributed by atoms with Crippen LogP contribution in [0, 0.1) is 0 Å². The minimum atomic E-state index is 0.247. The molecule has 21 heavy (non-hydrogen) atoms. The van der Waals surface area contributed by atoms with E-state index in [2.05, 4.69) is 56.1 Å². The lowest BCUT2D eigenvalue weighted by Gasteiger charge is -2.13. The van der Waals surface area contributed by atoms with Gasteiger partial charge in [-0.05, 0) is 64.7 Å². The van der Waals surface area contributed by atoms with Crippen molar-refractivity contribution in [3.8, 4) is 11.5 Å². The fourth-order valence-corrected chi connectivity index (χ4v) is 3.28. The molecule has 0 amide bonds. The molecular weight excluding hydrogens is 396 g/mol. The maximum absolute atomic E-state index is 5.54. The van der Waals surface area contributed by atoms with Crippen LogP contribution in [-0.2, 0) is 6.42 Å². The second-order valence-electron chi connectivity index (χ2n) is 4.65. The molecule has 0 saturated carbocycles. The van der Waals surface area contributed by atoms with Gasteiger partial charge in [0.1, 0.15) is 11.5 Å². The van der Waals surface area contributed by atoms with Crippen molar-refractivity contribution in [3.63, 3.8) is 0 Å². The maximum atomic E-state index is 5.54. The lowest BCUT2D eigenvalue weighted by Crippen LogP contribution is -1.98. The highest BCUT2D eigenvalue weighted by molar-refractivity contribution is 9.10. The molecule has 0 aromatic heterocycles. The van der Waals surface area contributed by atoms with Gasteiger partial charge in [-0.3, -0.25) is 0 Å². The molecule has 0 saturated heterocycles. The number of alkyl halides is 1. The molecule has 1 unspecified atom stereocenters. The van der Waals surface area contributed by atoms with Gasteiger partial charge in [-0.15, -0.1) is 0 Å². The van der Waals surface area contributed by atoms with Gasteiger partial charge in [0, 0.05) is 4.83 Å². The van der Waals surface area contributed by atoms with E-state index in [1.165, 1.54) is 11.1 Å². The van der Waals surface area contributed by atoms with E-state index in [4.69, 9.17) is 9.47 Å². The average molecular weight is 414 g/mol. The number of rotatable bonds is 6. The Kier molecular flexibility index (Phi) is 6.12. The van der Waals surface area contributed by atoms with Crippen LogP contribution in [0.5, 0.6) is 11.5 Å². The molecular formula is C17H18Br2O2. The van der Waals surface area contributed by atoms with E-state index < -0.39 is 0 Å². The predicted molar refractivity (Wildman–Crippen MR) is 93.7 cm³/mol. The fraction of sp³-hybridized carbons (Fsp3) is 0.294. The summed E-state index contributed by atoms with van der Waals surface area (Å²) in [5.41, 5.74) is 2.45. The number of methoxy groups -OCH3 is 1. The van der Waals surface area contributed by atoms with Gasteiger partial charge in [-0.1, -0.05) is 34.1 Å². The summed E-state index contributed by atoms with van der Waals surface area (Å²) in [4.78, 5) is 0.247. The lowest BCUT2D eigenvalue weighted by molar-refractivity contribution is 0.338. The summed E-state index contributed by atoms with van der Waals surface area (Å²) >= 11 is 7.32. The molecule has 1 atom stereocenters.